The highest BCUT2D eigenvalue weighted by molar-refractivity contribution is 6.17. The van der Waals surface area contributed by atoms with Crippen LogP contribution in [0.1, 0.15) is 25.7 Å². The van der Waals surface area contributed by atoms with Crippen molar-refractivity contribution in [3.8, 4) is 0 Å². The maximum atomic E-state index is 5.64. The topological polar surface area (TPSA) is 29.3 Å². The Labute approximate surface area is 107 Å². The van der Waals surface area contributed by atoms with Gasteiger partial charge in [-0.1, -0.05) is 18.9 Å². The summed E-state index contributed by atoms with van der Waals surface area (Å²) in [7, 11) is 0. The number of rotatable bonds is 7. The molecule has 0 amide bonds. The molecule has 0 saturated heterocycles. The summed E-state index contributed by atoms with van der Waals surface area (Å²) < 4.78 is 2.07. The van der Waals surface area contributed by atoms with Gasteiger partial charge in [0.25, 0.3) is 0 Å². The summed E-state index contributed by atoms with van der Waals surface area (Å²) in [5, 5.41) is 3.44. The molecule has 0 aliphatic rings. The number of anilines is 1. The van der Waals surface area contributed by atoms with E-state index >= 15 is 0 Å². The minimum atomic E-state index is 0.780. The van der Waals surface area contributed by atoms with E-state index in [1.807, 2.05) is 24.5 Å². The second-order valence-electron chi connectivity index (χ2n) is 4.10. The van der Waals surface area contributed by atoms with Crippen molar-refractivity contribution in [3.05, 3.63) is 30.6 Å². The van der Waals surface area contributed by atoms with Crippen molar-refractivity contribution >= 4 is 23.1 Å². The van der Waals surface area contributed by atoms with Crippen molar-refractivity contribution < 1.29 is 0 Å². The molecule has 0 aromatic carbocycles. The molecule has 0 atom stereocenters. The lowest BCUT2D eigenvalue weighted by Gasteiger charge is -2.08. The molecule has 1 N–H and O–H groups in total. The molecule has 4 heteroatoms. The highest BCUT2D eigenvalue weighted by atomic mass is 35.5. The number of hydrogen-bond acceptors (Lipinski definition) is 2. The summed E-state index contributed by atoms with van der Waals surface area (Å²) in [5.41, 5.74) is 0.983. The van der Waals surface area contributed by atoms with Crippen LogP contribution in [0.25, 0.3) is 5.65 Å². The number of nitrogens with one attached hydrogen (secondary N) is 1. The number of nitrogens with zero attached hydrogens (tertiary/aromatic N) is 2. The predicted molar refractivity (Wildman–Crippen MR) is 72.9 cm³/mol. The Kier molecular flexibility index (Phi) is 4.68. The molecule has 0 saturated carbocycles. The van der Waals surface area contributed by atoms with E-state index in [-0.39, 0.29) is 0 Å². The smallest absolute Gasteiger partial charge is 0.138 e. The first kappa shape index (κ1) is 12.2. The summed E-state index contributed by atoms with van der Waals surface area (Å²) in [6.07, 6.45) is 8.56. The molecule has 2 heterocycles. The molecule has 17 heavy (non-hydrogen) atoms. The van der Waals surface area contributed by atoms with E-state index in [1.165, 1.54) is 19.3 Å². The number of halogens is 1. The Morgan fingerprint density at radius 2 is 2.06 bits per heavy atom. The van der Waals surface area contributed by atoms with Gasteiger partial charge in [-0.2, -0.15) is 0 Å². The zero-order chi connectivity index (χ0) is 11.9. The minimum Gasteiger partial charge on any atom is -0.371 e. The Balaban J connectivity index is 1.80. The first-order chi connectivity index (χ1) is 8.42. The Morgan fingerprint density at radius 3 is 2.94 bits per heavy atom. The average Bonchev–Trinajstić information content (AvgIpc) is 2.82. The lowest BCUT2D eigenvalue weighted by Crippen LogP contribution is -2.05. The molecular formula is C13H18ClN3. The van der Waals surface area contributed by atoms with Gasteiger partial charge in [0.05, 0.1) is 0 Å². The molecule has 92 valence electrons. The lowest BCUT2D eigenvalue weighted by atomic mass is 10.2. The molecule has 2 aromatic heterocycles. The number of imidazole rings is 1. The van der Waals surface area contributed by atoms with Crippen LogP contribution in [0.3, 0.4) is 0 Å². The number of pyridine rings is 1. The van der Waals surface area contributed by atoms with Crippen molar-refractivity contribution in [2.24, 2.45) is 0 Å². The number of fused-ring (bicyclic) bond motifs is 1. The standard InChI is InChI=1S/C13H18ClN3/c14-8-3-1-2-4-9-15-12-6-5-7-13-16-10-11-17(12)13/h5-7,10-11,15H,1-4,8-9H2. The van der Waals surface area contributed by atoms with Crippen LogP contribution >= 0.6 is 11.6 Å². The van der Waals surface area contributed by atoms with Gasteiger partial charge < -0.3 is 5.32 Å². The summed E-state index contributed by atoms with van der Waals surface area (Å²) >= 11 is 5.64. The monoisotopic (exact) mass is 251 g/mol. The first-order valence-electron chi connectivity index (χ1n) is 6.14. The molecule has 2 rings (SSSR count). The SMILES string of the molecule is ClCCCCCCNc1cccc2nccn12. The van der Waals surface area contributed by atoms with Gasteiger partial charge in [0.1, 0.15) is 11.5 Å². The van der Waals surface area contributed by atoms with E-state index in [9.17, 15) is 0 Å². The third kappa shape index (κ3) is 3.37. The zero-order valence-corrected chi connectivity index (χ0v) is 10.7. The highest BCUT2D eigenvalue weighted by Crippen LogP contribution is 2.11. The maximum Gasteiger partial charge on any atom is 0.138 e. The van der Waals surface area contributed by atoms with E-state index in [1.54, 1.807) is 0 Å². The van der Waals surface area contributed by atoms with Crippen LogP contribution < -0.4 is 5.32 Å². The van der Waals surface area contributed by atoms with Gasteiger partial charge in [0.15, 0.2) is 0 Å². The zero-order valence-electron chi connectivity index (χ0n) is 9.90. The van der Waals surface area contributed by atoms with Crippen molar-refractivity contribution in [1.82, 2.24) is 9.38 Å². The minimum absolute atomic E-state index is 0.780. The number of aromatic nitrogens is 2. The van der Waals surface area contributed by atoms with Gasteiger partial charge in [0, 0.05) is 24.8 Å². The molecule has 3 nitrogen and oxygen atoms in total. The summed E-state index contributed by atoms with van der Waals surface area (Å²) in [4.78, 5) is 4.26. The third-order valence-corrected chi connectivity index (χ3v) is 3.06. The van der Waals surface area contributed by atoms with Crippen molar-refractivity contribution in [2.45, 2.75) is 25.7 Å². The fraction of sp³-hybridized carbons (Fsp3) is 0.462. The largest absolute Gasteiger partial charge is 0.371 e. The summed E-state index contributed by atoms with van der Waals surface area (Å²) in [6.45, 7) is 1.000. The Hall–Kier alpha value is -1.22. The van der Waals surface area contributed by atoms with Gasteiger partial charge in [0.2, 0.25) is 0 Å². The van der Waals surface area contributed by atoms with Gasteiger partial charge in [-0.25, -0.2) is 4.98 Å². The van der Waals surface area contributed by atoms with Crippen LogP contribution in [0.15, 0.2) is 30.6 Å². The summed E-state index contributed by atoms with van der Waals surface area (Å²) in [6, 6.07) is 6.11. The van der Waals surface area contributed by atoms with E-state index in [0.29, 0.717) is 0 Å². The van der Waals surface area contributed by atoms with Crippen LogP contribution in [-0.2, 0) is 0 Å². The molecule has 0 spiro atoms. The van der Waals surface area contributed by atoms with Gasteiger partial charge in [-0.3, -0.25) is 4.40 Å². The van der Waals surface area contributed by atoms with Crippen LogP contribution in [0, 0.1) is 0 Å². The van der Waals surface area contributed by atoms with Gasteiger partial charge in [-0.15, -0.1) is 11.6 Å². The average molecular weight is 252 g/mol. The van der Waals surface area contributed by atoms with Crippen molar-refractivity contribution in [2.75, 3.05) is 17.7 Å². The second kappa shape index (κ2) is 6.50. The predicted octanol–water partition coefficient (Wildman–Crippen LogP) is 3.55. The Morgan fingerprint density at radius 1 is 1.18 bits per heavy atom. The van der Waals surface area contributed by atoms with Gasteiger partial charge in [-0.05, 0) is 25.0 Å². The van der Waals surface area contributed by atoms with Crippen molar-refractivity contribution in [3.63, 3.8) is 0 Å². The molecule has 0 aliphatic heterocycles. The van der Waals surface area contributed by atoms with Crippen LogP contribution in [-0.4, -0.2) is 21.8 Å². The fourth-order valence-corrected chi connectivity index (χ4v) is 2.07. The highest BCUT2D eigenvalue weighted by Gasteiger charge is 1.98. The quantitative estimate of drug-likeness (QED) is 0.602. The summed E-state index contributed by atoms with van der Waals surface area (Å²) in [5.74, 6) is 1.89. The van der Waals surface area contributed by atoms with Crippen molar-refractivity contribution in [1.29, 1.82) is 0 Å². The molecule has 0 radical (unpaired) electrons. The van der Waals surface area contributed by atoms with E-state index in [4.69, 9.17) is 11.6 Å². The van der Waals surface area contributed by atoms with Crippen LogP contribution in [0.2, 0.25) is 0 Å². The van der Waals surface area contributed by atoms with E-state index in [0.717, 1.165) is 30.3 Å². The van der Waals surface area contributed by atoms with E-state index in [2.05, 4.69) is 20.8 Å². The Bertz CT molecular complexity index is 453. The lowest BCUT2D eigenvalue weighted by molar-refractivity contribution is 0.686. The number of unbranched alkanes of at least 4 members (excludes halogenated alkanes) is 3. The van der Waals surface area contributed by atoms with Gasteiger partial charge >= 0.3 is 0 Å². The van der Waals surface area contributed by atoms with Crippen LogP contribution in [0.4, 0.5) is 5.82 Å². The number of hydrogen-bond donors (Lipinski definition) is 1. The molecule has 2 aromatic rings. The van der Waals surface area contributed by atoms with E-state index < -0.39 is 0 Å². The van der Waals surface area contributed by atoms with Crippen LogP contribution in [0.5, 0.6) is 0 Å². The molecule has 0 fully saturated rings. The second-order valence-corrected chi connectivity index (χ2v) is 4.47. The molecule has 0 aliphatic carbocycles. The molecular weight excluding hydrogens is 234 g/mol. The fourth-order valence-electron chi connectivity index (χ4n) is 1.88. The third-order valence-electron chi connectivity index (χ3n) is 2.79. The number of alkyl halides is 1. The first-order valence-corrected chi connectivity index (χ1v) is 6.67. The molecule has 0 unspecified atom stereocenters. The maximum absolute atomic E-state index is 5.64. The normalized spacial score (nSPS) is 10.9. The molecule has 0 bridgehead atoms.